The number of aryl methyl sites for hydroxylation is 1. The van der Waals surface area contributed by atoms with Gasteiger partial charge in [0.05, 0.1) is 30.4 Å². The third-order valence-corrected chi connectivity index (χ3v) is 5.95. The number of nitrogens with zero attached hydrogens (tertiary/aromatic N) is 3. The molecule has 4 N–H and O–H groups in total. The molecule has 3 rings (SSSR count). The highest BCUT2D eigenvalue weighted by Crippen LogP contribution is 2.24. The molecule has 0 spiro atoms. The Morgan fingerprint density at radius 3 is 2.81 bits per heavy atom. The number of amides is 1. The fraction of sp³-hybridized carbons (Fsp3) is 0.310. The molecule has 8 heteroatoms. The standard InChI is InChI=1S/C29H36N6O2/c1-5-37-22(4)15-17-35(27-8-6-7-16-32-27)29(36)24-10-9-20(2)26(18-24)34-21(3)19-33-25-13-11-23(12-14-25)28(30)31/h6-11,13-14,16,18,23,33H,4-5,12,15,17,19H2,1-3H3,(H3,30,31). The maximum atomic E-state index is 13.6. The predicted molar refractivity (Wildman–Crippen MR) is 150 cm³/mol. The summed E-state index contributed by atoms with van der Waals surface area (Å²) in [5, 5.41) is 10.9. The smallest absolute Gasteiger partial charge is 0.259 e. The van der Waals surface area contributed by atoms with E-state index < -0.39 is 0 Å². The van der Waals surface area contributed by atoms with Crippen LogP contribution >= 0.6 is 0 Å². The zero-order valence-electron chi connectivity index (χ0n) is 21.8. The molecule has 1 amide bonds. The van der Waals surface area contributed by atoms with Crippen molar-refractivity contribution in [2.75, 3.05) is 24.6 Å². The quantitative estimate of drug-likeness (QED) is 0.214. The van der Waals surface area contributed by atoms with Crippen LogP contribution in [0.2, 0.25) is 0 Å². The molecule has 0 radical (unpaired) electrons. The van der Waals surface area contributed by atoms with Crippen LogP contribution < -0.4 is 16.0 Å². The minimum atomic E-state index is -0.159. The van der Waals surface area contributed by atoms with Crippen molar-refractivity contribution in [2.24, 2.45) is 16.6 Å². The Balaban J connectivity index is 1.74. The molecule has 1 aliphatic carbocycles. The number of benzene rings is 1. The minimum Gasteiger partial charge on any atom is -0.499 e. The Morgan fingerprint density at radius 1 is 1.35 bits per heavy atom. The number of anilines is 1. The molecule has 0 saturated carbocycles. The number of carbonyl (C=O) groups excluding carboxylic acids is 1. The van der Waals surface area contributed by atoms with E-state index in [0.29, 0.717) is 49.7 Å². The molecule has 1 atom stereocenters. The Labute approximate surface area is 219 Å². The van der Waals surface area contributed by atoms with Crippen LogP contribution in [0.4, 0.5) is 11.5 Å². The first kappa shape index (κ1) is 27.4. The SMILES string of the molecule is C=C(CCN(C(=O)c1ccc(C)c(N=C(C)CNC2=CCC(C(=N)N)C=C2)c1)c1ccccn1)OCC. The topological polar surface area (TPSA) is 117 Å². The fourth-order valence-electron chi connectivity index (χ4n) is 3.82. The van der Waals surface area contributed by atoms with Crippen LogP contribution in [0.1, 0.15) is 42.6 Å². The number of aliphatic imine (C=N–C) groups is 1. The van der Waals surface area contributed by atoms with E-state index in [0.717, 1.165) is 22.7 Å². The summed E-state index contributed by atoms with van der Waals surface area (Å²) in [6, 6.07) is 11.1. The van der Waals surface area contributed by atoms with Gasteiger partial charge in [-0.15, -0.1) is 0 Å². The van der Waals surface area contributed by atoms with Crippen LogP contribution in [-0.4, -0.2) is 42.1 Å². The van der Waals surface area contributed by atoms with Crippen molar-refractivity contribution < 1.29 is 9.53 Å². The van der Waals surface area contributed by atoms with Crippen LogP contribution in [0.5, 0.6) is 0 Å². The Kier molecular flexibility index (Phi) is 9.77. The molecule has 1 heterocycles. The van der Waals surface area contributed by atoms with Crippen LogP contribution in [0.25, 0.3) is 0 Å². The van der Waals surface area contributed by atoms with Gasteiger partial charge < -0.3 is 15.8 Å². The molecule has 0 saturated heterocycles. The van der Waals surface area contributed by atoms with Gasteiger partial charge in [-0.1, -0.05) is 30.9 Å². The van der Waals surface area contributed by atoms with Crippen LogP contribution in [0, 0.1) is 18.3 Å². The van der Waals surface area contributed by atoms with E-state index in [-0.39, 0.29) is 17.7 Å². The highest BCUT2D eigenvalue weighted by Gasteiger charge is 2.20. The van der Waals surface area contributed by atoms with Gasteiger partial charge in [-0.2, -0.15) is 0 Å². The van der Waals surface area contributed by atoms with Crippen molar-refractivity contribution in [3.8, 4) is 0 Å². The normalized spacial score (nSPS) is 15.1. The number of allylic oxidation sites excluding steroid dienone is 2. The Hall–Kier alpha value is -4.20. The number of hydrogen-bond donors (Lipinski definition) is 3. The van der Waals surface area contributed by atoms with Crippen molar-refractivity contribution in [1.29, 1.82) is 5.41 Å². The first-order valence-electron chi connectivity index (χ1n) is 12.4. The summed E-state index contributed by atoms with van der Waals surface area (Å²) in [4.78, 5) is 24.4. The molecule has 0 fully saturated rings. The predicted octanol–water partition coefficient (Wildman–Crippen LogP) is 5.06. The molecule has 37 heavy (non-hydrogen) atoms. The third-order valence-electron chi connectivity index (χ3n) is 5.95. The molecule has 1 aliphatic rings. The van der Waals surface area contributed by atoms with Crippen LogP contribution in [-0.2, 0) is 4.74 Å². The summed E-state index contributed by atoms with van der Waals surface area (Å²) < 4.78 is 5.47. The summed E-state index contributed by atoms with van der Waals surface area (Å²) in [6.45, 7) is 11.3. The summed E-state index contributed by atoms with van der Waals surface area (Å²) in [6.07, 6.45) is 8.81. The number of amidine groups is 1. The van der Waals surface area contributed by atoms with E-state index in [4.69, 9.17) is 20.9 Å². The number of pyridine rings is 1. The van der Waals surface area contributed by atoms with Gasteiger partial charge in [-0.05, 0) is 63.1 Å². The summed E-state index contributed by atoms with van der Waals surface area (Å²) in [5.74, 6) is 1.19. The van der Waals surface area contributed by atoms with Gasteiger partial charge in [-0.25, -0.2) is 4.98 Å². The van der Waals surface area contributed by atoms with Crippen LogP contribution in [0.3, 0.4) is 0 Å². The van der Waals surface area contributed by atoms with Gasteiger partial charge >= 0.3 is 0 Å². The molecule has 8 nitrogen and oxygen atoms in total. The maximum absolute atomic E-state index is 13.6. The van der Waals surface area contributed by atoms with Gasteiger partial charge in [0.15, 0.2) is 0 Å². The number of aromatic nitrogens is 1. The molecule has 0 bridgehead atoms. The highest BCUT2D eigenvalue weighted by molar-refractivity contribution is 6.06. The van der Waals surface area contributed by atoms with Crippen molar-refractivity contribution in [3.63, 3.8) is 0 Å². The summed E-state index contributed by atoms with van der Waals surface area (Å²) >= 11 is 0. The number of nitrogens with two attached hydrogens (primary N) is 1. The van der Waals surface area contributed by atoms with Crippen molar-refractivity contribution in [3.05, 3.63) is 90.0 Å². The van der Waals surface area contributed by atoms with E-state index in [1.165, 1.54) is 0 Å². The second kappa shape index (κ2) is 13.2. The van der Waals surface area contributed by atoms with Gasteiger partial charge in [0, 0.05) is 42.1 Å². The zero-order valence-corrected chi connectivity index (χ0v) is 21.8. The summed E-state index contributed by atoms with van der Waals surface area (Å²) in [7, 11) is 0. The second-order valence-corrected chi connectivity index (χ2v) is 8.88. The van der Waals surface area contributed by atoms with Gasteiger partial charge in [0.1, 0.15) is 5.82 Å². The van der Waals surface area contributed by atoms with E-state index >= 15 is 0 Å². The first-order chi connectivity index (χ1) is 17.8. The maximum Gasteiger partial charge on any atom is 0.259 e. The molecular formula is C29H36N6O2. The van der Waals surface area contributed by atoms with E-state index in [2.05, 4.69) is 16.9 Å². The number of ether oxygens (including phenoxy) is 1. The van der Waals surface area contributed by atoms with Crippen LogP contribution in [0.15, 0.2) is 83.9 Å². The van der Waals surface area contributed by atoms with Gasteiger partial charge in [-0.3, -0.25) is 20.1 Å². The lowest BCUT2D eigenvalue weighted by Gasteiger charge is -2.22. The molecule has 2 aromatic rings. The van der Waals surface area contributed by atoms with E-state index in [1.54, 1.807) is 11.1 Å². The van der Waals surface area contributed by atoms with Crippen molar-refractivity contribution in [2.45, 2.75) is 33.6 Å². The van der Waals surface area contributed by atoms with Crippen molar-refractivity contribution in [1.82, 2.24) is 10.3 Å². The number of carbonyl (C=O) groups is 1. The number of rotatable bonds is 12. The van der Waals surface area contributed by atoms with Gasteiger partial charge in [0.2, 0.25) is 0 Å². The molecule has 0 aliphatic heterocycles. The number of nitrogens with one attached hydrogen (secondary N) is 2. The highest BCUT2D eigenvalue weighted by atomic mass is 16.5. The molecular weight excluding hydrogens is 464 g/mol. The molecule has 1 unspecified atom stereocenters. The minimum absolute atomic E-state index is 0.0360. The lowest BCUT2D eigenvalue weighted by molar-refractivity contribution is 0.0985. The fourth-order valence-corrected chi connectivity index (χ4v) is 3.82. The largest absolute Gasteiger partial charge is 0.499 e. The summed E-state index contributed by atoms with van der Waals surface area (Å²) in [5.41, 5.74) is 9.70. The Bertz CT molecular complexity index is 1220. The molecule has 194 valence electrons. The first-order valence-corrected chi connectivity index (χ1v) is 12.4. The van der Waals surface area contributed by atoms with E-state index in [1.807, 2.05) is 75.4 Å². The van der Waals surface area contributed by atoms with Crippen molar-refractivity contribution >= 4 is 29.0 Å². The zero-order chi connectivity index (χ0) is 26.8. The third kappa shape index (κ3) is 7.90. The second-order valence-electron chi connectivity index (χ2n) is 8.88. The van der Waals surface area contributed by atoms with E-state index in [9.17, 15) is 4.79 Å². The monoisotopic (exact) mass is 500 g/mol. The number of hydrogen-bond acceptors (Lipinski definition) is 6. The molecule has 1 aromatic heterocycles. The van der Waals surface area contributed by atoms with Gasteiger partial charge in [0.25, 0.3) is 5.91 Å². The average molecular weight is 501 g/mol. The lowest BCUT2D eigenvalue weighted by Crippen LogP contribution is -2.33. The molecule has 1 aromatic carbocycles. The Morgan fingerprint density at radius 2 is 2.16 bits per heavy atom. The average Bonchev–Trinajstić information content (AvgIpc) is 2.89. The lowest BCUT2D eigenvalue weighted by atomic mass is 9.98.